The first kappa shape index (κ1) is 16.7. The van der Waals surface area contributed by atoms with Crippen LogP contribution in [0.25, 0.3) is 0 Å². The lowest BCUT2D eigenvalue weighted by molar-refractivity contribution is -0.121. The maximum atomic E-state index is 12.6. The maximum Gasteiger partial charge on any atom is 0.336 e. The maximum absolute atomic E-state index is 12.6. The van der Waals surface area contributed by atoms with Gasteiger partial charge in [0.15, 0.2) is 0 Å². The number of nitrogens with zero attached hydrogens (tertiary/aromatic N) is 1. The van der Waals surface area contributed by atoms with Gasteiger partial charge in [-0.3, -0.25) is 9.59 Å². The molecule has 1 aliphatic rings. The van der Waals surface area contributed by atoms with Crippen molar-refractivity contribution in [1.29, 1.82) is 0 Å². The first-order valence-corrected chi connectivity index (χ1v) is 8.76. The van der Waals surface area contributed by atoms with Crippen molar-refractivity contribution >= 4 is 51.2 Å². The highest BCUT2D eigenvalue weighted by Crippen LogP contribution is 2.35. The Balaban J connectivity index is 1.85. The van der Waals surface area contributed by atoms with Gasteiger partial charge in [0.25, 0.3) is 0 Å². The minimum absolute atomic E-state index is 0.0491. The summed E-state index contributed by atoms with van der Waals surface area (Å²) in [6.45, 7) is 0. The molecule has 1 saturated heterocycles. The van der Waals surface area contributed by atoms with Crippen LogP contribution in [0.1, 0.15) is 16.8 Å². The molecule has 0 saturated carbocycles. The second-order valence-electron chi connectivity index (χ2n) is 5.16. The number of imide groups is 1. The van der Waals surface area contributed by atoms with Crippen LogP contribution in [0.5, 0.6) is 0 Å². The van der Waals surface area contributed by atoms with Crippen LogP contribution in [0.4, 0.5) is 5.69 Å². The summed E-state index contributed by atoms with van der Waals surface area (Å²) in [6, 6.07) is 13.4. The number of benzene rings is 2. The van der Waals surface area contributed by atoms with Crippen molar-refractivity contribution in [3.63, 3.8) is 0 Å². The van der Waals surface area contributed by atoms with Crippen LogP contribution in [-0.2, 0) is 9.59 Å². The molecule has 0 aromatic heterocycles. The van der Waals surface area contributed by atoms with Gasteiger partial charge in [0, 0.05) is 15.8 Å². The lowest BCUT2D eigenvalue weighted by Gasteiger charge is -2.15. The fraction of sp³-hybridized carbons (Fsp3) is 0.118. The summed E-state index contributed by atoms with van der Waals surface area (Å²) >= 11 is 4.43. The molecule has 1 heterocycles. The molecule has 1 N–H and O–H groups in total. The molecule has 0 aliphatic carbocycles. The smallest absolute Gasteiger partial charge is 0.336 e. The summed E-state index contributed by atoms with van der Waals surface area (Å²) in [6.07, 6.45) is 0.0491. The summed E-state index contributed by atoms with van der Waals surface area (Å²) in [5.41, 5.74) is 0.646. The third kappa shape index (κ3) is 3.22. The highest BCUT2D eigenvalue weighted by atomic mass is 79.9. The number of thioether (sulfide) groups is 1. The zero-order valence-corrected chi connectivity index (χ0v) is 14.7. The molecule has 5 nitrogen and oxygen atoms in total. The predicted octanol–water partition coefficient (Wildman–Crippen LogP) is 3.57. The molecule has 7 heteroatoms. The second kappa shape index (κ2) is 6.78. The fourth-order valence-corrected chi connectivity index (χ4v) is 3.90. The van der Waals surface area contributed by atoms with Crippen LogP contribution in [0.3, 0.4) is 0 Å². The van der Waals surface area contributed by atoms with Crippen molar-refractivity contribution in [1.82, 2.24) is 0 Å². The minimum atomic E-state index is -1.06. The van der Waals surface area contributed by atoms with E-state index in [9.17, 15) is 19.5 Å². The van der Waals surface area contributed by atoms with Crippen LogP contribution >= 0.6 is 27.7 Å². The third-order valence-corrected chi connectivity index (χ3v) is 5.37. The summed E-state index contributed by atoms with van der Waals surface area (Å²) in [5.74, 6) is -1.67. The average molecular weight is 406 g/mol. The first-order valence-electron chi connectivity index (χ1n) is 7.08. The number of carboxylic acids is 1. The van der Waals surface area contributed by atoms with Crippen molar-refractivity contribution in [2.75, 3.05) is 4.90 Å². The predicted molar refractivity (Wildman–Crippen MR) is 94.3 cm³/mol. The lowest BCUT2D eigenvalue weighted by Crippen LogP contribution is -2.31. The fourth-order valence-electron chi connectivity index (χ4n) is 2.46. The third-order valence-electron chi connectivity index (χ3n) is 3.58. The number of carbonyl (C=O) groups excluding carboxylic acids is 2. The number of rotatable bonds is 4. The van der Waals surface area contributed by atoms with Crippen LogP contribution in [-0.4, -0.2) is 28.1 Å². The number of carbonyl (C=O) groups is 3. The molecule has 122 valence electrons. The Morgan fingerprint density at radius 3 is 2.46 bits per heavy atom. The molecule has 0 radical (unpaired) electrons. The molecule has 3 rings (SSSR count). The highest BCUT2D eigenvalue weighted by Gasteiger charge is 2.40. The number of hydrogen-bond donors (Lipinski definition) is 1. The molecule has 1 atom stereocenters. The Morgan fingerprint density at radius 1 is 1.12 bits per heavy atom. The highest BCUT2D eigenvalue weighted by molar-refractivity contribution is 9.10. The Bertz CT molecular complexity index is 822. The number of amides is 2. The molecular formula is C17H12BrNO4S. The average Bonchev–Trinajstić information content (AvgIpc) is 2.83. The molecule has 2 amide bonds. The Labute approximate surface area is 150 Å². The van der Waals surface area contributed by atoms with E-state index in [1.165, 1.54) is 6.07 Å². The summed E-state index contributed by atoms with van der Waals surface area (Å²) in [5, 5.41) is 8.61. The zero-order chi connectivity index (χ0) is 17.3. The lowest BCUT2D eigenvalue weighted by atomic mass is 10.2. The molecular weight excluding hydrogens is 394 g/mol. The molecule has 1 aliphatic heterocycles. The van der Waals surface area contributed by atoms with Crippen LogP contribution in [0.15, 0.2) is 57.9 Å². The van der Waals surface area contributed by atoms with Crippen LogP contribution in [0, 0.1) is 0 Å². The second-order valence-corrected chi connectivity index (χ2v) is 7.32. The number of hydrogen-bond acceptors (Lipinski definition) is 4. The van der Waals surface area contributed by atoms with Crippen LogP contribution < -0.4 is 4.90 Å². The molecule has 0 bridgehead atoms. The van der Waals surface area contributed by atoms with Crippen molar-refractivity contribution in [2.24, 2.45) is 0 Å². The standard InChI is InChI=1S/C17H12BrNO4S/c18-10-5-7-11(8-6-10)19-15(20)9-14(16(19)21)24-13-4-2-1-3-12(13)17(22)23/h1-8,14H,9H2,(H,22,23)/t14-/m1/s1. The monoisotopic (exact) mass is 405 g/mol. The minimum Gasteiger partial charge on any atom is -0.478 e. The van der Waals surface area contributed by atoms with Crippen molar-refractivity contribution in [2.45, 2.75) is 16.6 Å². The van der Waals surface area contributed by atoms with Gasteiger partial charge in [-0.25, -0.2) is 9.69 Å². The first-order chi connectivity index (χ1) is 11.5. The van der Waals surface area contributed by atoms with Gasteiger partial charge in [-0.05, 0) is 36.4 Å². The summed E-state index contributed by atoms with van der Waals surface area (Å²) < 4.78 is 0.853. The van der Waals surface area contributed by atoms with E-state index in [1.54, 1.807) is 42.5 Å². The van der Waals surface area contributed by atoms with Gasteiger partial charge >= 0.3 is 5.97 Å². The van der Waals surface area contributed by atoms with Gasteiger partial charge in [0.2, 0.25) is 11.8 Å². The molecule has 2 aromatic rings. The molecule has 0 spiro atoms. The molecule has 24 heavy (non-hydrogen) atoms. The van der Waals surface area contributed by atoms with Crippen molar-refractivity contribution < 1.29 is 19.5 Å². The van der Waals surface area contributed by atoms with E-state index in [1.807, 2.05) is 0 Å². The quantitative estimate of drug-likeness (QED) is 0.786. The van der Waals surface area contributed by atoms with E-state index in [4.69, 9.17) is 0 Å². The topological polar surface area (TPSA) is 74.7 Å². The zero-order valence-electron chi connectivity index (χ0n) is 12.3. The normalized spacial score (nSPS) is 17.4. The summed E-state index contributed by atoms with van der Waals surface area (Å²) in [4.78, 5) is 37.8. The molecule has 2 aromatic carbocycles. The van der Waals surface area contributed by atoms with E-state index in [-0.39, 0.29) is 23.8 Å². The SMILES string of the molecule is O=C(O)c1ccccc1S[C@@H]1CC(=O)N(c2ccc(Br)cc2)C1=O. The molecule has 1 fully saturated rings. The van der Waals surface area contributed by atoms with Gasteiger partial charge in [-0.2, -0.15) is 0 Å². The van der Waals surface area contributed by atoms with E-state index < -0.39 is 11.2 Å². The van der Waals surface area contributed by atoms with Gasteiger partial charge in [-0.1, -0.05) is 28.1 Å². The molecule has 0 unspecified atom stereocenters. The van der Waals surface area contributed by atoms with E-state index in [0.29, 0.717) is 10.6 Å². The van der Waals surface area contributed by atoms with Crippen molar-refractivity contribution in [3.05, 3.63) is 58.6 Å². The number of anilines is 1. The number of carboxylic acid groups (broad SMARTS) is 1. The number of halogens is 1. The van der Waals surface area contributed by atoms with Gasteiger partial charge in [-0.15, -0.1) is 11.8 Å². The van der Waals surface area contributed by atoms with E-state index in [2.05, 4.69) is 15.9 Å². The van der Waals surface area contributed by atoms with Gasteiger partial charge in [0.1, 0.15) is 0 Å². The van der Waals surface area contributed by atoms with Gasteiger partial charge in [0.05, 0.1) is 16.5 Å². The number of aromatic carboxylic acids is 1. The van der Waals surface area contributed by atoms with Crippen molar-refractivity contribution in [3.8, 4) is 0 Å². The summed E-state index contributed by atoms with van der Waals surface area (Å²) in [7, 11) is 0. The Morgan fingerprint density at radius 2 is 1.79 bits per heavy atom. The Kier molecular flexibility index (Phi) is 4.73. The largest absolute Gasteiger partial charge is 0.478 e. The van der Waals surface area contributed by atoms with Gasteiger partial charge < -0.3 is 5.11 Å². The van der Waals surface area contributed by atoms with Crippen LogP contribution in [0.2, 0.25) is 0 Å². The Hall–Kier alpha value is -2.12. The van der Waals surface area contributed by atoms with E-state index >= 15 is 0 Å². The van der Waals surface area contributed by atoms with E-state index in [0.717, 1.165) is 21.1 Å².